The summed E-state index contributed by atoms with van der Waals surface area (Å²) in [7, 11) is 0. The maximum Gasteiger partial charge on any atom is 0.130 e. The summed E-state index contributed by atoms with van der Waals surface area (Å²) < 4.78 is 13.9. The van der Waals surface area contributed by atoms with E-state index in [-0.39, 0.29) is 23.9 Å². The van der Waals surface area contributed by atoms with Crippen molar-refractivity contribution in [2.75, 3.05) is 18.0 Å². The number of nitrogens with zero attached hydrogens (tertiary/aromatic N) is 1. The van der Waals surface area contributed by atoms with E-state index in [1.807, 2.05) is 13.0 Å². The Balaban J connectivity index is 2.31. The zero-order valence-electron chi connectivity index (χ0n) is 10.9. The number of nitrogens with two attached hydrogens (primary N) is 1. The highest BCUT2D eigenvalue weighted by Crippen LogP contribution is 2.31. The van der Waals surface area contributed by atoms with Crippen molar-refractivity contribution in [2.24, 2.45) is 11.7 Å². The number of anilines is 1. The number of piperidine rings is 1. The Kier molecular flexibility index (Phi) is 3.88. The first kappa shape index (κ1) is 13.3. The van der Waals surface area contributed by atoms with Gasteiger partial charge in [-0.15, -0.1) is 0 Å². The third kappa shape index (κ3) is 2.49. The predicted octanol–water partition coefficient (Wildman–Crippen LogP) is 2.05. The molecule has 1 aliphatic heterocycles. The van der Waals surface area contributed by atoms with Gasteiger partial charge in [-0.2, -0.15) is 0 Å². The molecule has 1 aromatic carbocycles. The van der Waals surface area contributed by atoms with Crippen molar-refractivity contribution >= 4 is 5.69 Å². The van der Waals surface area contributed by atoms with E-state index in [4.69, 9.17) is 5.73 Å². The van der Waals surface area contributed by atoms with Crippen LogP contribution in [0.2, 0.25) is 0 Å². The molecule has 18 heavy (non-hydrogen) atoms. The molecule has 0 bridgehead atoms. The second kappa shape index (κ2) is 5.24. The van der Waals surface area contributed by atoms with Crippen molar-refractivity contribution in [3.8, 4) is 0 Å². The molecule has 0 saturated carbocycles. The maximum absolute atomic E-state index is 13.9. The molecule has 0 aliphatic carbocycles. The molecule has 3 nitrogen and oxygen atoms in total. The van der Waals surface area contributed by atoms with Crippen LogP contribution >= 0.6 is 0 Å². The highest BCUT2D eigenvalue weighted by Gasteiger charge is 2.26. The Labute approximate surface area is 107 Å². The van der Waals surface area contributed by atoms with Gasteiger partial charge >= 0.3 is 0 Å². The van der Waals surface area contributed by atoms with Gasteiger partial charge in [0.25, 0.3) is 0 Å². The van der Waals surface area contributed by atoms with Crippen LogP contribution in [-0.2, 0) is 0 Å². The van der Waals surface area contributed by atoms with Crippen molar-refractivity contribution in [3.63, 3.8) is 0 Å². The predicted molar refractivity (Wildman–Crippen MR) is 71.0 cm³/mol. The number of rotatable bonds is 2. The minimum atomic E-state index is -0.330. The Morgan fingerprint density at radius 1 is 1.50 bits per heavy atom. The molecule has 3 N–H and O–H groups in total. The molecule has 1 aliphatic rings. The molecule has 1 heterocycles. The normalized spacial score (nSPS) is 26.2. The van der Waals surface area contributed by atoms with Crippen LogP contribution in [0, 0.1) is 11.7 Å². The lowest BCUT2D eigenvalue weighted by atomic mass is 9.95. The number of benzene rings is 1. The lowest BCUT2D eigenvalue weighted by molar-refractivity contribution is 0.0970. The van der Waals surface area contributed by atoms with Gasteiger partial charge in [0, 0.05) is 30.4 Å². The van der Waals surface area contributed by atoms with Gasteiger partial charge in [-0.05, 0) is 31.4 Å². The number of hydrogen-bond donors (Lipinski definition) is 2. The Morgan fingerprint density at radius 3 is 2.83 bits per heavy atom. The van der Waals surface area contributed by atoms with Crippen LogP contribution in [0.3, 0.4) is 0 Å². The van der Waals surface area contributed by atoms with E-state index in [9.17, 15) is 9.50 Å². The Bertz CT molecular complexity index is 422. The number of aliphatic hydroxyl groups is 1. The fourth-order valence-corrected chi connectivity index (χ4v) is 2.60. The zero-order valence-corrected chi connectivity index (χ0v) is 10.9. The summed E-state index contributed by atoms with van der Waals surface area (Å²) in [6, 6.07) is 4.74. The standard InChI is InChI=1S/C14H21FN2O/c1-9-8-17(7-6-13(9)18)12-5-3-4-11(15)14(12)10(2)16/h3-5,9-10,13,18H,6-8,16H2,1-2H3/t9?,10-,13?/m1/s1. The molecular weight excluding hydrogens is 231 g/mol. The third-order valence-electron chi connectivity index (χ3n) is 3.69. The van der Waals surface area contributed by atoms with Crippen LogP contribution in [0.1, 0.15) is 31.9 Å². The van der Waals surface area contributed by atoms with Crippen LogP contribution in [0.15, 0.2) is 18.2 Å². The van der Waals surface area contributed by atoms with Gasteiger partial charge < -0.3 is 15.7 Å². The minimum Gasteiger partial charge on any atom is -0.393 e. The summed E-state index contributed by atoms with van der Waals surface area (Å²) in [5, 5.41) is 9.75. The highest BCUT2D eigenvalue weighted by atomic mass is 19.1. The molecule has 2 unspecified atom stereocenters. The van der Waals surface area contributed by atoms with Crippen molar-refractivity contribution in [1.82, 2.24) is 0 Å². The summed E-state index contributed by atoms with van der Waals surface area (Å²) in [6.45, 7) is 5.30. The first-order valence-corrected chi connectivity index (χ1v) is 6.47. The maximum atomic E-state index is 13.9. The SMILES string of the molecule is CC1CN(c2cccc(F)c2[C@@H](C)N)CCC1O. The van der Waals surface area contributed by atoms with Crippen LogP contribution in [0.5, 0.6) is 0 Å². The Morgan fingerprint density at radius 2 is 2.22 bits per heavy atom. The fraction of sp³-hybridized carbons (Fsp3) is 0.571. The first-order valence-electron chi connectivity index (χ1n) is 6.47. The van der Waals surface area contributed by atoms with E-state index in [0.29, 0.717) is 5.56 Å². The number of halogens is 1. The van der Waals surface area contributed by atoms with E-state index in [1.165, 1.54) is 6.07 Å². The average molecular weight is 252 g/mol. The van der Waals surface area contributed by atoms with E-state index >= 15 is 0 Å². The van der Waals surface area contributed by atoms with E-state index in [2.05, 4.69) is 4.90 Å². The van der Waals surface area contributed by atoms with Gasteiger partial charge in [0.15, 0.2) is 0 Å². The molecule has 0 amide bonds. The number of hydrogen-bond acceptors (Lipinski definition) is 3. The van der Waals surface area contributed by atoms with Crippen LogP contribution in [-0.4, -0.2) is 24.3 Å². The highest BCUT2D eigenvalue weighted by molar-refractivity contribution is 5.56. The molecule has 0 aromatic heterocycles. The molecule has 100 valence electrons. The van der Waals surface area contributed by atoms with Crippen LogP contribution < -0.4 is 10.6 Å². The second-order valence-corrected chi connectivity index (χ2v) is 5.24. The van der Waals surface area contributed by atoms with Gasteiger partial charge in [-0.1, -0.05) is 13.0 Å². The van der Waals surface area contributed by atoms with Gasteiger partial charge in [-0.25, -0.2) is 4.39 Å². The molecule has 1 saturated heterocycles. The topological polar surface area (TPSA) is 49.5 Å². The third-order valence-corrected chi connectivity index (χ3v) is 3.69. The van der Waals surface area contributed by atoms with Crippen molar-refractivity contribution in [3.05, 3.63) is 29.6 Å². The smallest absolute Gasteiger partial charge is 0.130 e. The summed E-state index contributed by atoms with van der Waals surface area (Å²) in [5.41, 5.74) is 7.30. The van der Waals surface area contributed by atoms with E-state index < -0.39 is 0 Å². The molecule has 2 rings (SSSR count). The second-order valence-electron chi connectivity index (χ2n) is 5.24. The van der Waals surface area contributed by atoms with E-state index in [1.54, 1.807) is 13.0 Å². The van der Waals surface area contributed by atoms with Gasteiger partial charge in [0.1, 0.15) is 5.82 Å². The van der Waals surface area contributed by atoms with Crippen molar-refractivity contribution in [1.29, 1.82) is 0 Å². The molecule has 4 heteroatoms. The molecule has 0 radical (unpaired) electrons. The molecule has 1 fully saturated rings. The van der Waals surface area contributed by atoms with Crippen molar-refractivity contribution in [2.45, 2.75) is 32.4 Å². The van der Waals surface area contributed by atoms with Gasteiger partial charge in [0.05, 0.1) is 6.10 Å². The lowest BCUT2D eigenvalue weighted by Gasteiger charge is -2.37. The van der Waals surface area contributed by atoms with Crippen molar-refractivity contribution < 1.29 is 9.50 Å². The van der Waals surface area contributed by atoms with Crippen LogP contribution in [0.25, 0.3) is 0 Å². The summed E-state index contributed by atoms with van der Waals surface area (Å²) in [4.78, 5) is 2.12. The number of aliphatic hydroxyl groups excluding tert-OH is 1. The van der Waals surface area contributed by atoms with Gasteiger partial charge in [0.2, 0.25) is 0 Å². The largest absolute Gasteiger partial charge is 0.393 e. The summed E-state index contributed by atoms with van der Waals surface area (Å²) >= 11 is 0. The molecular formula is C14H21FN2O. The molecule has 1 aromatic rings. The summed E-state index contributed by atoms with van der Waals surface area (Å²) in [5.74, 6) is -0.0516. The quantitative estimate of drug-likeness (QED) is 0.847. The van der Waals surface area contributed by atoms with Gasteiger partial charge in [-0.3, -0.25) is 0 Å². The minimum absolute atomic E-state index is 0.197. The lowest BCUT2D eigenvalue weighted by Crippen LogP contribution is -2.42. The first-order chi connectivity index (χ1) is 8.50. The summed E-state index contributed by atoms with van der Waals surface area (Å²) in [6.07, 6.45) is 0.462. The molecule has 3 atom stereocenters. The molecule has 0 spiro atoms. The average Bonchev–Trinajstić information content (AvgIpc) is 2.32. The zero-order chi connectivity index (χ0) is 13.3. The monoisotopic (exact) mass is 252 g/mol. The van der Waals surface area contributed by atoms with Crippen LogP contribution in [0.4, 0.5) is 10.1 Å². The fourth-order valence-electron chi connectivity index (χ4n) is 2.60. The van der Waals surface area contributed by atoms with E-state index in [0.717, 1.165) is 25.2 Å². The Hall–Kier alpha value is -1.13.